The van der Waals surface area contributed by atoms with Crippen molar-refractivity contribution in [1.29, 1.82) is 5.26 Å². The van der Waals surface area contributed by atoms with Crippen LogP contribution in [0.4, 0.5) is 0 Å². The number of nitriles is 1. The number of rotatable bonds is 4. The predicted octanol–water partition coefficient (Wildman–Crippen LogP) is 0.728. The standard InChI is InChI=1S/C11H10N4O3S/c1-8-14-11(18-15-8)7-13-19(16,17)10-5-3-2-4-9(10)6-12/h2-5,13H,7H2,1H3. The van der Waals surface area contributed by atoms with Crippen LogP contribution in [0.1, 0.15) is 17.3 Å². The third kappa shape index (κ3) is 2.96. The summed E-state index contributed by atoms with van der Waals surface area (Å²) in [5, 5.41) is 12.4. The normalized spacial score (nSPS) is 11.2. The van der Waals surface area contributed by atoms with Crippen LogP contribution < -0.4 is 4.72 Å². The smallest absolute Gasteiger partial charge is 0.242 e. The van der Waals surface area contributed by atoms with E-state index < -0.39 is 10.0 Å². The Morgan fingerprint density at radius 1 is 1.42 bits per heavy atom. The highest BCUT2D eigenvalue weighted by Crippen LogP contribution is 2.14. The summed E-state index contributed by atoms with van der Waals surface area (Å²) in [5.74, 6) is 0.585. The molecule has 0 radical (unpaired) electrons. The van der Waals surface area contributed by atoms with Gasteiger partial charge in [0, 0.05) is 0 Å². The van der Waals surface area contributed by atoms with Gasteiger partial charge in [0.1, 0.15) is 6.07 Å². The van der Waals surface area contributed by atoms with Crippen LogP contribution >= 0.6 is 0 Å². The van der Waals surface area contributed by atoms with Gasteiger partial charge in [-0.2, -0.15) is 10.2 Å². The maximum Gasteiger partial charge on any atom is 0.242 e. The number of nitrogens with one attached hydrogen (secondary N) is 1. The van der Waals surface area contributed by atoms with Crippen molar-refractivity contribution in [2.75, 3.05) is 0 Å². The third-order valence-corrected chi connectivity index (χ3v) is 3.74. The summed E-state index contributed by atoms with van der Waals surface area (Å²) in [6, 6.07) is 7.77. The first-order valence-corrected chi connectivity index (χ1v) is 6.79. The van der Waals surface area contributed by atoms with Crippen LogP contribution in [0.15, 0.2) is 33.7 Å². The van der Waals surface area contributed by atoms with E-state index in [-0.39, 0.29) is 22.9 Å². The van der Waals surface area contributed by atoms with Gasteiger partial charge in [0.15, 0.2) is 5.82 Å². The molecule has 1 aromatic carbocycles. The minimum Gasteiger partial charge on any atom is -0.338 e. The van der Waals surface area contributed by atoms with E-state index in [4.69, 9.17) is 9.78 Å². The minimum atomic E-state index is -3.79. The second kappa shape index (κ2) is 5.17. The second-order valence-electron chi connectivity index (χ2n) is 3.67. The summed E-state index contributed by atoms with van der Waals surface area (Å²) in [4.78, 5) is 3.81. The SMILES string of the molecule is Cc1noc(CNS(=O)(=O)c2ccccc2C#N)n1. The van der Waals surface area contributed by atoms with E-state index in [0.29, 0.717) is 5.82 Å². The molecule has 0 spiro atoms. The number of aromatic nitrogens is 2. The quantitative estimate of drug-likeness (QED) is 0.882. The van der Waals surface area contributed by atoms with E-state index in [9.17, 15) is 8.42 Å². The lowest BCUT2D eigenvalue weighted by Gasteiger charge is -2.05. The zero-order valence-electron chi connectivity index (χ0n) is 9.99. The molecule has 98 valence electrons. The van der Waals surface area contributed by atoms with Gasteiger partial charge in [0.25, 0.3) is 0 Å². The lowest BCUT2D eigenvalue weighted by Crippen LogP contribution is -2.24. The molecular weight excluding hydrogens is 268 g/mol. The maximum atomic E-state index is 12.0. The molecule has 1 heterocycles. The van der Waals surface area contributed by atoms with Crippen molar-refractivity contribution in [1.82, 2.24) is 14.9 Å². The van der Waals surface area contributed by atoms with Gasteiger partial charge in [-0.15, -0.1) is 0 Å². The molecule has 2 aromatic rings. The van der Waals surface area contributed by atoms with Crippen LogP contribution in [0.3, 0.4) is 0 Å². The molecule has 7 nitrogen and oxygen atoms in total. The van der Waals surface area contributed by atoms with E-state index in [1.54, 1.807) is 19.1 Å². The molecule has 0 saturated carbocycles. The molecule has 0 aliphatic rings. The highest BCUT2D eigenvalue weighted by atomic mass is 32.2. The van der Waals surface area contributed by atoms with E-state index >= 15 is 0 Å². The fourth-order valence-corrected chi connectivity index (χ4v) is 2.57. The van der Waals surface area contributed by atoms with Crippen molar-refractivity contribution in [2.24, 2.45) is 0 Å². The monoisotopic (exact) mass is 278 g/mol. The van der Waals surface area contributed by atoms with Gasteiger partial charge in [0.2, 0.25) is 15.9 Å². The molecule has 1 N–H and O–H groups in total. The van der Waals surface area contributed by atoms with Crippen LogP contribution in [0.5, 0.6) is 0 Å². The molecule has 0 amide bonds. The average molecular weight is 278 g/mol. The number of sulfonamides is 1. The van der Waals surface area contributed by atoms with Crippen LogP contribution in [0.2, 0.25) is 0 Å². The summed E-state index contributed by atoms with van der Waals surface area (Å²) >= 11 is 0. The lowest BCUT2D eigenvalue weighted by molar-refractivity contribution is 0.372. The average Bonchev–Trinajstić information content (AvgIpc) is 2.82. The first-order chi connectivity index (χ1) is 9.03. The summed E-state index contributed by atoms with van der Waals surface area (Å²) in [7, 11) is -3.79. The van der Waals surface area contributed by atoms with Gasteiger partial charge in [-0.1, -0.05) is 17.3 Å². The van der Waals surface area contributed by atoms with E-state index in [1.165, 1.54) is 12.1 Å². The Hall–Kier alpha value is -2.24. The predicted molar refractivity (Wildman–Crippen MR) is 64.2 cm³/mol. The van der Waals surface area contributed by atoms with Gasteiger partial charge < -0.3 is 4.52 Å². The molecule has 1 aromatic heterocycles. The molecule has 19 heavy (non-hydrogen) atoms. The summed E-state index contributed by atoms with van der Waals surface area (Å²) in [6.07, 6.45) is 0. The Morgan fingerprint density at radius 3 is 2.79 bits per heavy atom. The summed E-state index contributed by atoms with van der Waals surface area (Å²) in [5.41, 5.74) is 0.0803. The molecule has 8 heteroatoms. The Balaban J connectivity index is 2.21. The van der Waals surface area contributed by atoms with Crippen LogP contribution in [0.25, 0.3) is 0 Å². The third-order valence-electron chi connectivity index (χ3n) is 2.28. The van der Waals surface area contributed by atoms with Crippen LogP contribution in [-0.2, 0) is 16.6 Å². The number of aryl methyl sites for hydroxylation is 1. The van der Waals surface area contributed by atoms with E-state index in [1.807, 2.05) is 6.07 Å². The zero-order chi connectivity index (χ0) is 13.9. The molecule has 0 bridgehead atoms. The molecule has 0 fully saturated rings. The van der Waals surface area contributed by atoms with Gasteiger partial charge in [0.05, 0.1) is 17.0 Å². The first-order valence-electron chi connectivity index (χ1n) is 5.31. The topological polar surface area (TPSA) is 109 Å². The highest BCUT2D eigenvalue weighted by molar-refractivity contribution is 7.89. The molecule has 2 rings (SSSR count). The Morgan fingerprint density at radius 2 is 2.16 bits per heavy atom. The molecule has 0 saturated heterocycles. The van der Waals surface area contributed by atoms with Crippen molar-refractivity contribution in [3.8, 4) is 6.07 Å². The Bertz CT molecular complexity index is 730. The molecule has 0 aliphatic carbocycles. The van der Waals surface area contributed by atoms with Gasteiger partial charge >= 0.3 is 0 Å². The summed E-state index contributed by atoms with van der Waals surface area (Å²) in [6.45, 7) is 1.51. The second-order valence-corrected chi connectivity index (χ2v) is 5.40. The molecule has 0 unspecified atom stereocenters. The number of hydrogen-bond donors (Lipinski definition) is 1. The van der Waals surface area contributed by atoms with Gasteiger partial charge in [-0.25, -0.2) is 13.1 Å². The van der Waals surface area contributed by atoms with Gasteiger partial charge in [-0.3, -0.25) is 0 Å². The van der Waals surface area contributed by atoms with Crippen molar-refractivity contribution in [2.45, 2.75) is 18.4 Å². The van der Waals surface area contributed by atoms with Crippen molar-refractivity contribution in [3.63, 3.8) is 0 Å². The largest absolute Gasteiger partial charge is 0.338 e. The fourth-order valence-electron chi connectivity index (χ4n) is 1.44. The van der Waals surface area contributed by atoms with E-state index in [2.05, 4.69) is 14.9 Å². The Kier molecular flexibility index (Phi) is 3.59. The first kappa shape index (κ1) is 13.2. The van der Waals surface area contributed by atoms with Crippen molar-refractivity contribution < 1.29 is 12.9 Å². The maximum absolute atomic E-state index is 12.0. The lowest BCUT2D eigenvalue weighted by atomic mass is 10.2. The van der Waals surface area contributed by atoms with Crippen LogP contribution in [0, 0.1) is 18.3 Å². The van der Waals surface area contributed by atoms with Gasteiger partial charge in [-0.05, 0) is 19.1 Å². The molecular formula is C11H10N4O3S. The summed E-state index contributed by atoms with van der Waals surface area (Å²) < 4.78 is 31.2. The molecule has 0 atom stereocenters. The highest BCUT2D eigenvalue weighted by Gasteiger charge is 2.18. The fraction of sp³-hybridized carbons (Fsp3) is 0.182. The minimum absolute atomic E-state index is 0.0752. The number of benzene rings is 1. The zero-order valence-corrected chi connectivity index (χ0v) is 10.8. The van der Waals surface area contributed by atoms with Crippen molar-refractivity contribution in [3.05, 3.63) is 41.5 Å². The molecule has 0 aliphatic heterocycles. The number of nitrogens with zero attached hydrogens (tertiary/aromatic N) is 3. The Labute approximate surface area is 109 Å². The van der Waals surface area contributed by atoms with Crippen LogP contribution in [-0.4, -0.2) is 18.6 Å². The van der Waals surface area contributed by atoms with Crippen molar-refractivity contribution >= 4 is 10.0 Å². The van der Waals surface area contributed by atoms with E-state index in [0.717, 1.165) is 0 Å². The number of hydrogen-bond acceptors (Lipinski definition) is 6.